The monoisotopic (exact) mass is 356 g/mol. The highest BCUT2D eigenvalue weighted by Gasteiger charge is 2.30. The molecule has 1 saturated heterocycles. The van der Waals surface area contributed by atoms with E-state index in [4.69, 9.17) is 4.42 Å². The van der Waals surface area contributed by atoms with Gasteiger partial charge in [0.25, 0.3) is 0 Å². The van der Waals surface area contributed by atoms with Gasteiger partial charge in [0.2, 0.25) is 5.89 Å². The van der Waals surface area contributed by atoms with Crippen LogP contribution in [0.2, 0.25) is 0 Å². The number of nitrogens with zero attached hydrogens (tertiary/aromatic N) is 3. The van der Waals surface area contributed by atoms with E-state index in [0.717, 1.165) is 19.6 Å². The third-order valence-corrected chi connectivity index (χ3v) is 3.90. The number of benzene rings is 1. The zero-order valence-electron chi connectivity index (χ0n) is 13.6. The molecule has 0 radical (unpaired) electrons. The lowest BCUT2D eigenvalue weighted by molar-refractivity contribution is -0.274. The van der Waals surface area contributed by atoms with Gasteiger partial charge >= 0.3 is 12.4 Å². The van der Waals surface area contributed by atoms with Crippen molar-refractivity contribution in [2.24, 2.45) is 0 Å². The van der Waals surface area contributed by atoms with Gasteiger partial charge in [0.15, 0.2) is 0 Å². The van der Waals surface area contributed by atoms with E-state index in [9.17, 15) is 13.2 Å². The molecular weight excluding hydrogens is 337 g/mol. The lowest BCUT2D eigenvalue weighted by Crippen LogP contribution is -2.31. The molecule has 1 aromatic heterocycles. The molecular formula is C16H19F3N4O2. The summed E-state index contributed by atoms with van der Waals surface area (Å²) in [7, 11) is 0. The summed E-state index contributed by atoms with van der Waals surface area (Å²) in [6.45, 7) is 3.09. The van der Waals surface area contributed by atoms with Gasteiger partial charge in [-0.25, -0.2) is 0 Å². The van der Waals surface area contributed by atoms with Gasteiger partial charge in [-0.15, -0.1) is 18.3 Å². The lowest BCUT2D eigenvalue weighted by atomic mass is 10.1. The Bertz CT molecular complexity index is 667. The highest BCUT2D eigenvalue weighted by molar-refractivity contribution is 5.53. The predicted molar refractivity (Wildman–Crippen MR) is 84.7 cm³/mol. The normalized spacial score (nSPS) is 16.0. The van der Waals surface area contributed by atoms with Crippen LogP contribution >= 0.6 is 0 Å². The number of rotatable bonds is 6. The van der Waals surface area contributed by atoms with E-state index in [0.29, 0.717) is 18.0 Å². The first-order valence-corrected chi connectivity index (χ1v) is 8.15. The summed E-state index contributed by atoms with van der Waals surface area (Å²) in [6.07, 6.45) is -0.287. The Labute approximate surface area is 143 Å². The molecule has 1 aliphatic rings. The predicted octanol–water partition coefficient (Wildman–Crippen LogP) is 3.74. The zero-order valence-corrected chi connectivity index (χ0v) is 13.6. The summed E-state index contributed by atoms with van der Waals surface area (Å²) in [4.78, 5) is 2.38. The van der Waals surface area contributed by atoms with Gasteiger partial charge in [0, 0.05) is 18.7 Å². The van der Waals surface area contributed by atoms with Crippen molar-refractivity contribution >= 4 is 11.7 Å². The third kappa shape index (κ3) is 5.63. The number of ether oxygens (including phenoxy) is 1. The van der Waals surface area contributed by atoms with Crippen molar-refractivity contribution < 1.29 is 22.3 Å². The minimum Gasteiger partial charge on any atom is -0.408 e. The molecule has 2 heterocycles. The van der Waals surface area contributed by atoms with Crippen LogP contribution in [0.15, 0.2) is 28.7 Å². The summed E-state index contributed by atoms with van der Waals surface area (Å²) in [5.74, 6) is 0.246. The van der Waals surface area contributed by atoms with Crippen LogP contribution in [-0.2, 0) is 6.42 Å². The fourth-order valence-corrected chi connectivity index (χ4v) is 2.71. The van der Waals surface area contributed by atoms with E-state index in [1.807, 2.05) is 0 Å². The molecule has 0 bridgehead atoms. The van der Waals surface area contributed by atoms with Crippen LogP contribution in [0.1, 0.15) is 25.2 Å². The molecule has 1 aliphatic heterocycles. The van der Waals surface area contributed by atoms with Gasteiger partial charge < -0.3 is 19.4 Å². The molecule has 9 heteroatoms. The van der Waals surface area contributed by atoms with Crippen LogP contribution in [0.25, 0.3) is 0 Å². The van der Waals surface area contributed by atoms with E-state index in [2.05, 4.69) is 25.2 Å². The number of alkyl halides is 3. The number of piperidine rings is 1. The molecule has 136 valence electrons. The third-order valence-electron chi connectivity index (χ3n) is 3.90. The summed E-state index contributed by atoms with van der Waals surface area (Å²) in [5, 5.41) is 10.7. The van der Waals surface area contributed by atoms with E-state index < -0.39 is 6.36 Å². The van der Waals surface area contributed by atoms with Crippen LogP contribution in [0, 0.1) is 0 Å². The number of aromatic nitrogens is 2. The minimum absolute atomic E-state index is 0.207. The Kier molecular flexibility index (Phi) is 5.42. The molecule has 0 spiro atoms. The highest BCUT2D eigenvalue weighted by atomic mass is 19.4. The van der Waals surface area contributed by atoms with Crippen LogP contribution in [0.5, 0.6) is 5.75 Å². The summed E-state index contributed by atoms with van der Waals surface area (Å²) < 4.78 is 45.7. The minimum atomic E-state index is -4.70. The SMILES string of the molecule is FC(F)(F)Oc1ccc(Nc2nnc(CCN3CCCCC3)o2)cc1. The molecule has 1 aromatic carbocycles. The average molecular weight is 356 g/mol. The van der Waals surface area contributed by atoms with Crippen molar-refractivity contribution in [1.29, 1.82) is 0 Å². The van der Waals surface area contributed by atoms with Crippen LogP contribution < -0.4 is 10.1 Å². The molecule has 0 aliphatic carbocycles. The maximum Gasteiger partial charge on any atom is 0.573 e. The molecule has 0 atom stereocenters. The fraction of sp³-hybridized carbons (Fsp3) is 0.500. The summed E-state index contributed by atoms with van der Waals surface area (Å²) in [5.41, 5.74) is 0.528. The standard InChI is InChI=1S/C16H19F3N4O2/c17-16(18,19)25-13-6-4-12(5-7-13)20-15-22-21-14(24-15)8-11-23-9-2-1-3-10-23/h4-7H,1-3,8-11H2,(H,20,22). The highest BCUT2D eigenvalue weighted by Crippen LogP contribution is 2.25. The maximum absolute atomic E-state index is 12.1. The van der Waals surface area contributed by atoms with Crippen molar-refractivity contribution in [2.75, 3.05) is 25.0 Å². The average Bonchev–Trinajstić information content (AvgIpc) is 3.02. The molecule has 1 fully saturated rings. The lowest BCUT2D eigenvalue weighted by Gasteiger charge is -2.25. The maximum atomic E-state index is 12.1. The van der Waals surface area contributed by atoms with Gasteiger partial charge in [-0.2, -0.15) is 0 Å². The number of hydrogen-bond acceptors (Lipinski definition) is 6. The van der Waals surface area contributed by atoms with Crippen LogP contribution in [0.4, 0.5) is 24.9 Å². The Morgan fingerprint density at radius 3 is 2.48 bits per heavy atom. The van der Waals surface area contributed by atoms with E-state index in [-0.39, 0.29) is 11.8 Å². The fourth-order valence-electron chi connectivity index (χ4n) is 2.71. The van der Waals surface area contributed by atoms with Gasteiger partial charge in [0.05, 0.1) is 0 Å². The van der Waals surface area contributed by atoms with Crippen LogP contribution in [0.3, 0.4) is 0 Å². The van der Waals surface area contributed by atoms with E-state index in [1.54, 1.807) is 0 Å². The number of anilines is 2. The first-order valence-electron chi connectivity index (χ1n) is 8.15. The number of hydrogen-bond donors (Lipinski definition) is 1. The molecule has 1 N–H and O–H groups in total. The largest absolute Gasteiger partial charge is 0.573 e. The van der Waals surface area contributed by atoms with E-state index >= 15 is 0 Å². The van der Waals surface area contributed by atoms with Gasteiger partial charge in [-0.05, 0) is 50.2 Å². The number of halogens is 3. The molecule has 6 nitrogen and oxygen atoms in total. The van der Waals surface area contributed by atoms with Gasteiger partial charge in [0.1, 0.15) is 5.75 Å². The second-order valence-corrected chi connectivity index (χ2v) is 5.85. The van der Waals surface area contributed by atoms with Crippen LogP contribution in [-0.4, -0.2) is 41.1 Å². The number of likely N-dealkylation sites (tertiary alicyclic amines) is 1. The second kappa shape index (κ2) is 7.73. The van der Waals surface area contributed by atoms with Crippen molar-refractivity contribution in [1.82, 2.24) is 15.1 Å². The zero-order chi connectivity index (χ0) is 17.7. The Hall–Kier alpha value is -2.29. The van der Waals surface area contributed by atoms with Crippen molar-refractivity contribution in [3.05, 3.63) is 30.2 Å². The first-order chi connectivity index (χ1) is 12.0. The van der Waals surface area contributed by atoms with Crippen molar-refractivity contribution in [2.45, 2.75) is 32.0 Å². The van der Waals surface area contributed by atoms with Gasteiger partial charge in [-0.1, -0.05) is 11.5 Å². The molecule has 3 rings (SSSR count). The molecule has 25 heavy (non-hydrogen) atoms. The van der Waals surface area contributed by atoms with Crippen molar-refractivity contribution in [3.8, 4) is 5.75 Å². The van der Waals surface area contributed by atoms with E-state index in [1.165, 1.54) is 43.5 Å². The Morgan fingerprint density at radius 2 is 1.80 bits per heavy atom. The quantitative estimate of drug-likeness (QED) is 0.851. The molecule has 2 aromatic rings. The summed E-state index contributed by atoms with van der Waals surface area (Å²) >= 11 is 0. The van der Waals surface area contributed by atoms with Gasteiger partial charge in [-0.3, -0.25) is 0 Å². The number of nitrogens with one attached hydrogen (secondary N) is 1. The second-order valence-electron chi connectivity index (χ2n) is 5.85. The molecule has 0 unspecified atom stereocenters. The molecule has 0 amide bonds. The molecule has 0 saturated carbocycles. The first kappa shape index (κ1) is 17.5. The Morgan fingerprint density at radius 1 is 1.08 bits per heavy atom. The Balaban J connectivity index is 1.50. The topological polar surface area (TPSA) is 63.4 Å². The van der Waals surface area contributed by atoms with Crippen molar-refractivity contribution in [3.63, 3.8) is 0 Å². The smallest absolute Gasteiger partial charge is 0.408 e. The summed E-state index contributed by atoms with van der Waals surface area (Å²) in [6, 6.07) is 5.52.